The Morgan fingerprint density at radius 3 is 1.95 bits per heavy atom. The molecule has 0 aliphatic carbocycles. The summed E-state index contributed by atoms with van der Waals surface area (Å²) in [6.07, 6.45) is 0. The van der Waals surface area contributed by atoms with E-state index in [2.05, 4.69) is 0 Å². The lowest BCUT2D eigenvalue weighted by Gasteiger charge is -2.18. The van der Waals surface area contributed by atoms with Crippen LogP contribution >= 0.6 is 22.4 Å². The molecule has 0 spiro atoms. The van der Waals surface area contributed by atoms with Crippen molar-refractivity contribution >= 4 is 36.9 Å². The van der Waals surface area contributed by atoms with Gasteiger partial charge in [-0.15, -0.1) is 0 Å². The number of rotatable bonds is 4. The van der Waals surface area contributed by atoms with Gasteiger partial charge in [-0.05, 0) is 34.7 Å². The molecule has 0 radical (unpaired) electrons. The first-order chi connectivity index (χ1) is 9.11. The van der Waals surface area contributed by atoms with E-state index in [-0.39, 0.29) is 11.8 Å². The summed E-state index contributed by atoms with van der Waals surface area (Å²) in [5, 5.41) is -0.699. The SMILES string of the molecule is CC(C)c1cccc(C(C)C)c1SC(=O)NS(=O)(=O)Cl. The standard InChI is InChI=1S/C13H18ClNO3S2/c1-8(2)10-6-5-7-11(9(3)4)12(10)19-13(16)15-20(14,17)18/h5-9H,1-4H3,(H,15,16). The molecule has 112 valence electrons. The summed E-state index contributed by atoms with van der Waals surface area (Å²) in [7, 11) is 0.968. The Labute approximate surface area is 128 Å². The maximum Gasteiger partial charge on any atom is 0.322 e. The molecule has 1 rings (SSSR count). The van der Waals surface area contributed by atoms with Crippen LogP contribution in [0.3, 0.4) is 0 Å². The zero-order valence-corrected chi connectivity index (χ0v) is 14.2. The second-order valence-corrected chi connectivity index (χ2v) is 8.29. The van der Waals surface area contributed by atoms with E-state index in [0.717, 1.165) is 27.8 Å². The van der Waals surface area contributed by atoms with Crippen molar-refractivity contribution in [3.63, 3.8) is 0 Å². The van der Waals surface area contributed by atoms with Crippen molar-refractivity contribution in [1.29, 1.82) is 0 Å². The molecule has 0 atom stereocenters. The monoisotopic (exact) mass is 335 g/mol. The third-order valence-electron chi connectivity index (χ3n) is 2.72. The van der Waals surface area contributed by atoms with E-state index in [1.165, 1.54) is 0 Å². The Morgan fingerprint density at radius 1 is 1.15 bits per heavy atom. The maximum absolute atomic E-state index is 11.8. The summed E-state index contributed by atoms with van der Waals surface area (Å²) in [5.74, 6) is 0.466. The number of nitrogens with one attached hydrogen (secondary N) is 1. The Balaban J connectivity index is 3.17. The molecule has 0 heterocycles. The van der Waals surface area contributed by atoms with E-state index in [1.54, 1.807) is 4.72 Å². The van der Waals surface area contributed by atoms with Crippen LogP contribution in [0, 0.1) is 0 Å². The molecule has 1 amide bonds. The zero-order valence-electron chi connectivity index (χ0n) is 11.8. The van der Waals surface area contributed by atoms with Gasteiger partial charge in [0.1, 0.15) is 0 Å². The van der Waals surface area contributed by atoms with Crippen LogP contribution in [0.5, 0.6) is 0 Å². The first-order valence-electron chi connectivity index (χ1n) is 6.18. The normalized spacial score (nSPS) is 11.9. The smallest absolute Gasteiger partial charge is 0.260 e. The molecule has 0 saturated heterocycles. The summed E-state index contributed by atoms with van der Waals surface area (Å²) in [5.41, 5.74) is 2.03. The molecule has 0 saturated carbocycles. The Morgan fingerprint density at radius 2 is 1.60 bits per heavy atom. The fourth-order valence-electron chi connectivity index (χ4n) is 1.81. The predicted octanol–water partition coefficient (Wildman–Crippen LogP) is 4.22. The number of carbonyl (C=O) groups excluding carboxylic acids is 1. The van der Waals surface area contributed by atoms with E-state index in [4.69, 9.17) is 10.7 Å². The molecule has 0 fully saturated rings. The van der Waals surface area contributed by atoms with E-state index in [0.29, 0.717) is 0 Å². The number of benzene rings is 1. The minimum absolute atomic E-state index is 0.233. The van der Waals surface area contributed by atoms with Gasteiger partial charge >= 0.3 is 9.24 Å². The first-order valence-corrected chi connectivity index (χ1v) is 9.31. The number of thioether (sulfide) groups is 1. The number of carbonyl (C=O) groups is 1. The van der Waals surface area contributed by atoms with Gasteiger partial charge in [-0.2, -0.15) is 8.42 Å². The summed E-state index contributed by atoms with van der Waals surface area (Å²) in [4.78, 5) is 12.6. The molecule has 0 unspecified atom stereocenters. The first kappa shape index (κ1) is 17.3. The van der Waals surface area contributed by atoms with Crippen LogP contribution in [0.2, 0.25) is 0 Å². The lowest BCUT2D eigenvalue weighted by Crippen LogP contribution is -2.22. The van der Waals surface area contributed by atoms with Gasteiger partial charge in [0.25, 0.3) is 5.24 Å². The highest BCUT2D eigenvalue weighted by molar-refractivity contribution is 8.18. The van der Waals surface area contributed by atoms with Crippen LogP contribution in [0.15, 0.2) is 23.1 Å². The Bertz CT molecular complexity index is 571. The summed E-state index contributed by atoms with van der Waals surface area (Å²) in [6, 6.07) is 5.84. The second kappa shape index (κ2) is 6.83. The highest BCUT2D eigenvalue weighted by Crippen LogP contribution is 2.35. The van der Waals surface area contributed by atoms with E-state index in [9.17, 15) is 13.2 Å². The van der Waals surface area contributed by atoms with Crippen molar-refractivity contribution in [2.45, 2.75) is 44.4 Å². The highest BCUT2D eigenvalue weighted by Gasteiger charge is 2.19. The average molecular weight is 336 g/mol. The third kappa shape index (κ3) is 5.00. The third-order valence-corrected chi connectivity index (χ3v) is 4.47. The zero-order chi connectivity index (χ0) is 15.5. The molecule has 20 heavy (non-hydrogen) atoms. The van der Waals surface area contributed by atoms with Gasteiger partial charge in [-0.3, -0.25) is 4.79 Å². The fourth-order valence-corrected chi connectivity index (χ4v) is 3.88. The van der Waals surface area contributed by atoms with Crippen molar-refractivity contribution in [2.75, 3.05) is 0 Å². The van der Waals surface area contributed by atoms with Crippen molar-refractivity contribution in [1.82, 2.24) is 4.72 Å². The highest BCUT2D eigenvalue weighted by atomic mass is 35.7. The largest absolute Gasteiger partial charge is 0.322 e. The van der Waals surface area contributed by atoms with Gasteiger partial charge in [0.05, 0.1) is 0 Å². The average Bonchev–Trinajstić information content (AvgIpc) is 2.25. The summed E-state index contributed by atoms with van der Waals surface area (Å²) < 4.78 is 23.5. The molecule has 1 aromatic rings. The van der Waals surface area contributed by atoms with Crippen LogP contribution < -0.4 is 4.72 Å². The topological polar surface area (TPSA) is 63.2 Å². The predicted molar refractivity (Wildman–Crippen MR) is 83.8 cm³/mol. The molecule has 4 nitrogen and oxygen atoms in total. The maximum atomic E-state index is 11.8. The molecule has 0 aliphatic heterocycles. The molecule has 0 aromatic heterocycles. The number of hydrogen-bond acceptors (Lipinski definition) is 4. The van der Waals surface area contributed by atoms with Crippen molar-refractivity contribution in [3.05, 3.63) is 29.3 Å². The van der Waals surface area contributed by atoms with Crippen molar-refractivity contribution in [3.8, 4) is 0 Å². The number of amides is 1. The lowest BCUT2D eigenvalue weighted by molar-refractivity contribution is 0.265. The van der Waals surface area contributed by atoms with E-state index < -0.39 is 14.5 Å². The quantitative estimate of drug-likeness (QED) is 0.661. The fraction of sp³-hybridized carbons (Fsp3) is 0.462. The molecular weight excluding hydrogens is 318 g/mol. The van der Waals surface area contributed by atoms with Gasteiger partial charge in [0.15, 0.2) is 0 Å². The molecule has 0 bridgehead atoms. The van der Waals surface area contributed by atoms with E-state index >= 15 is 0 Å². The molecule has 1 aromatic carbocycles. The van der Waals surface area contributed by atoms with E-state index in [1.807, 2.05) is 45.9 Å². The van der Waals surface area contributed by atoms with Crippen molar-refractivity contribution in [2.24, 2.45) is 0 Å². The Hall–Kier alpha value is -0.720. The molecule has 1 N–H and O–H groups in total. The van der Waals surface area contributed by atoms with Gasteiger partial charge in [-0.1, -0.05) is 45.9 Å². The van der Waals surface area contributed by atoms with Crippen LogP contribution in [-0.4, -0.2) is 13.7 Å². The molecular formula is C13H18ClNO3S2. The van der Waals surface area contributed by atoms with Gasteiger partial charge < -0.3 is 0 Å². The summed E-state index contributed by atoms with van der Waals surface area (Å²) >= 11 is 0.867. The van der Waals surface area contributed by atoms with Crippen LogP contribution in [-0.2, 0) is 9.24 Å². The van der Waals surface area contributed by atoms with Crippen LogP contribution in [0.1, 0.15) is 50.7 Å². The van der Waals surface area contributed by atoms with Crippen LogP contribution in [0.4, 0.5) is 4.79 Å². The number of halogens is 1. The van der Waals surface area contributed by atoms with Crippen molar-refractivity contribution < 1.29 is 13.2 Å². The second-order valence-electron chi connectivity index (χ2n) is 5.00. The Kier molecular flexibility index (Phi) is 5.91. The summed E-state index contributed by atoms with van der Waals surface area (Å²) in [6.45, 7) is 8.11. The molecule has 7 heteroatoms. The van der Waals surface area contributed by atoms with Crippen LogP contribution in [0.25, 0.3) is 0 Å². The van der Waals surface area contributed by atoms with Gasteiger partial charge in [-0.25, -0.2) is 4.72 Å². The van der Waals surface area contributed by atoms with Gasteiger partial charge in [0, 0.05) is 15.6 Å². The van der Waals surface area contributed by atoms with Gasteiger partial charge in [0.2, 0.25) is 0 Å². The lowest BCUT2D eigenvalue weighted by atomic mass is 9.95. The minimum atomic E-state index is -4.06. The minimum Gasteiger partial charge on any atom is -0.260 e. The molecule has 0 aliphatic rings. The number of hydrogen-bond donors (Lipinski definition) is 1.